The molecule has 6 nitrogen and oxygen atoms in total. The Morgan fingerprint density at radius 3 is 0.811 bits per heavy atom. The van der Waals surface area contributed by atoms with Crippen LogP contribution in [0.4, 0.5) is 0 Å². The third kappa shape index (κ3) is 60.0. The summed E-state index contributed by atoms with van der Waals surface area (Å²) in [4.78, 5) is 38.3. The van der Waals surface area contributed by atoms with E-state index in [2.05, 4.69) is 81.5 Å². The van der Waals surface area contributed by atoms with E-state index in [-0.39, 0.29) is 31.1 Å². The van der Waals surface area contributed by atoms with Gasteiger partial charge in [0.05, 0.1) is 0 Å². The second kappa shape index (κ2) is 62.6. The predicted octanol–water partition coefficient (Wildman–Crippen LogP) is 21.9. The molecule has 0 aromatic rings. The van der Waals surface area contributed by atoms with Gasteiger partial charge in [-0.1, -0.05) is 293 Å². The maximum atomic E-state index is 12.9. The van der Waals surface area contributed by atoms with Crippen LogP contribution in [0.2, 0.25) is 0 Å². The molecule has 74 heavy (non-hydrogen) atoms. The van der Waals surface area contributed by atoms with Crippen LogP contribution in [-0.2, 0) is 28.6 Å². The van der Waals surface area contributed by atoms with Gasteiger partial charge in [-0.3, -0.25) is 14.4 Å². The molecule has 0 saturated heterocycles. The Morgan fingerprint density at radius 1 is 0.270 bits per heavy atom. The van der Waals surface area contributed by atoms with Gasteiger partial charge >= 0.3 is 17.9 Å². The quantitative estimate of drug-likeness (QED) is 0.0261. The Balaban J connectivity index is 4.32. The highest BCUT2D eigenvalue weighted by molar-refractivity contribution is 5.71. The second-order valence-corrected chi connectivity index (χ2v) is 21.7. The number of carbonyl (C=O) groups excluding carboxylic acids is 3. The number of ether oxygens (including phenoxy) is 3. The number of hydrogen-bond acceptors (Lipinski definition) is 6. The van der Waals surface area contributed by atoms with Gasteiger partial charge in [0.15, 0.2) is 6.10 Å². The number of unbranched alkanes of at least 4 members (excludes halogenated alkanes) is 38. The lowest BCUT2D eigenvalue weighted by Crippen LogP contribution is -2.30. The molecule has 0 heterocycles. The zero-order chi connectivity index (χ0) is 53.6. The summed E-state index contributed by atoms with van der Waals surface area (Å²) in [6.45, 7) is 6.59. The largest absolute Gasteiger partial charge is 0.462 e. The van der Waals surface area contributed by atoms with Gasteiger partial charge in [-0.05, 0) is 83.5 Å². The highest BCUT2D eigenvalue weighted by Crippen LogP contribution is 2.17. The van der Waals surface area contributed by atoms with Crippen molar-refractivity contribution in [2.75, 3.05) is 13.2 Å². The van der Waals surface area contributed by atoms with Crippen LogP contribution in [0.3, 0.4) is 0 Å². The lowest BCUT2D eigenvalue weighted by Gasteiger charge is -2.18. The van der Waals surface area contributed by atoms with Crippen LogP contribution in [0, 0.1) is 0 Å². The summed E-state index contributed by atoms with van der Waals surface area (Å²) in [5, 5.41) is 0. The topological polar surface area (TPSA) is 78.9 Å². The van der Waals surface area contributed by atoms with Crippen LogP contribution in [0.5, 0.6) is 0 Å². The third-order valence-corrected chi connectivity index (χ3v) is 14.2. The van der Waals surface area contributed by atoms with Gasteiger partial charge in [0.1, 0.15) is 13.2 Å². The van der Waals surface area contributed by atoms with E-state index in [9.17, 15) is 14.4 Å². The number of esters is 3. The molecule has 0 fully saturated rings. The Bertz CT molecular complexity index is 1330. The van der Waals surface area contributed by atoms with Crippen LogP contribution >= 0.6 is 0 Å². The SMILES string of the molecule is CCC/C=C\C/C=C\CCCCCCCC(=O)OCC(COC(=O)CCCCCCCCCC/C=C\C/C=C\C/C=C\CCCCCCC)OC(=O)CCCCCCCCCCCCCCCCCCCCCC. The van der Waals surface area contributed by atoms with Crippen molar-refractivity contribution in [3.05, 3.63) is 60.8 Å². The van der Waals surface area contributed by atoms with E-state index in [4.69, 9.17) is 14.2 Å². The molecule has 0 N–H and O–H groups in total. The number of hydrogen-bond donors (Lipinski definition) is 0. The Kier molecular flexibility index (Phi) is 60.2. The van der Waals surface area contributed by atoms with E-state index in [0.717, 1.165) is 103 Å². The van der Waals surface area contributed by atoms with E-state index in [1.807, 2.05) is 0 Å². The van der Waals surface area contributed by atoms with Crippen molar-refractivity contribution in [3.63, 3.8) is 0 Å². The van der Waals surface area contributed by atoms with Gasteiger partial charge in [0.25, 0.3) is 0 Å². The molecule has 0 spiro atoms. The van der Waals surface area contributed by atoms with Gasteiger partial charge < -0.3 is 14.2 Å². The van der Waals surface area contributed by atoms with Crippen LogP contribution < -0.4 is 0 Å². The fourth-order valence-corrected chi connectivity index (χ4v) is 9.37. The monoisotopic (exact) mass is 1030 g/mol. The summed E-state index contributed by atoms with van der Waals surface area (Å²) < 4.78 is 16.9. The highest BCUT2D eigenvalue weighted by Gasteiger charge is 2.19. The minimum atomic E-state index is -0.782. The van der Waals surface area contributed by atoms with Crippen molar-refractivity contribution in [2.24, 2.45) is 0 Å². The molecule has 0 bridgehead atoms. The summed E-state index contributed by atoms with van der Waals surface area (Å²) >= 11 is 0. The molecule has 0 aliphatic carbocycles. The van der Waals surface area contributed by atoms with Crippen molar-refractivity contribution in [2.45, 2.75) is 341 Å². The smallest absolute Gasteiger partial charge is 0.306 e. The molecule has 6 heteroatoms. The molecule has 0 saturated carbocycles. The van der Waals surface area contributed by atoms with E-state index in [1.54, 1.807) is 0 Å². The highest BCUT2D eigenvalue weighted by atomic mass is 16.6. The lowest BCUT2D eigenvalue weighted by molar-refractivity contribution is -0.167. The molecular weight excluding hydrogens is 913 g/mol. The molecule has 1 unspecified atom stereocenters. The molecule has 0 aliphatic heterocycles. The average molecular weight is 1040 g/mol. The number of rotatable bonds is 59. The molecule has 0 amide bonds. The van der Waals surface area contributed by atoms with Crippen LogP contribution in [0.1, 0.15) is 335 Å². The van der Waals surface area contributed by atoms with Crippen molar-refractivity contribution in [1.29, 1.82) is 0 Å². The van der Waals surface area contributed by atoms with Gasteiger partial charge in [-0.2, -0.15) is 0 Å². The molecule has 1 atom stereocenters. The summed E-state index contributed by atoms with van der Waals surface area (Å²) in [7, 11) is 0. The molecule has 430 valence electrons. The summed E-state index contributed by atoms with van der Waals surface area (Å²) in [6, 6.07) is 0. The average Bonchev–Trinajstić information content (AvgIpc) is 3.40. The number of carbonyl (C=O) groups is 3. The van der Waals surface area contributed by atoms with Crippen LogP contribution in [0.15, 0.2) is 60.8 Å². The zero-order valence-corrected chi connectivity index (χ0v) is 49.4. The molecule has 0 aromatic carbocycles. The first-order chi connectivity index (χ1) is 36.5. The maximum Gasteiger partial charge on any atom is 0.306 e. The maximum absolute atomic E-state index is 12.9. The Labute approximate surface area is 460 Å². The molecular formula is C68H122O6. The summed E-state index contributed by atoms with van der Waals surface area (Å²) in [6.07, 6.45) is 79.4. The molecule has 0 aliphatic rings. The van der Waals surface area contributed by atoms with E-state index in [0.29, 0.717) is 19.3 Å². The molecule has 0 radical (unpaired) electrons. The third-order valence-electron chi connectivity index (χ3n) is 14.2. The first-order valence-electron chi connectivity index (χ1n) is 32.3. The van der Waals surface area contributed by atoms with E-state index < -0.39 is 6.10 Å². The Hall–Kier alpha value is -2.89. The van der Waals surface area contributed by atoms with Crippen molar-refractivity contribution < 1.29 is 28.6 Å². The van der Waals surface area contributed by atoms with E-state index >= 15 is 0 Å². The van der Waals surface area contributed by atoms with Gasteiger partial charge in [-0.15, -0.1) is 0 Å². The normalized spacial score (nSPS) is 12.4. The van der Waals surface area contributed by atoms with E-state index in [1.165, 1.54) is 193 Å². The minimum absolute atomic E-state index is 0.0799. The van der Waals surface area contributed by atoms with Crippen LogP contribution in [-0.4, -0.2) is 37.2 Å². The fraction of sp³-hybridized carbons (Fsp3) is 0.809. The standard InChI is InChI=1S/C68H122O6/c1-4-7-10-13-16-19-22-25-27-29-31-33-34-35-37-38-40-43-46-49-52-55-58-61-67(70)73-64-65(63-72-66(69)60-57-54-51-48-45-42-24-21-18-15-12-9-6-3)74-68(71)62-59-56-53-50-47-44-41-39-36-32-30-28-26-23-20-17-14-11-8-5-2/h12,15,21-22,24-25,29,31,34-35,65H,4-11,13-14,16-20,23,26-28,30,32-33,36-64H2,1-3H3/b15-12-,24-21-,25-22-,31-29-,35-34-. The fourth-order valence-electron chi connectivity index (χ4n) is 9.37. The summed E-state index contributed by atoms with van der Waals surface area (Å²) in [5.74, 6) is -0.882. The lowest BCUT2D eigenvalue weighted by atomic mass is 10.0. The van der Waals surface area contributed by atoms with Crippen LogP contribution in [0.25, 0.3) is 0 Å². The van der Waals surface area contributed by atoms with Gasteiger partial charge in [0.2, 0.25) is 0 Å². The summed E-state index contributed by atoms with van der Waals surface area (Å²) in [5.41, 5.74) is 0. The van der Waals surface area contributed by atoms with Gasteiger partial charge in [-0.25, -0.2) is 0 Å². The molecule has 0 rings (SSSR count). The van der Waals surface area contributed by atoms with Gasteiger partial charge in [0, 0.05) is 19.3 Å². The zero-order valence-electron chi connectivity index (χ0n) is 49.4. The number of allylic oxidation sites excluding steroid dienone is 10. The minimum Gasteiger partial charge on any atom is -0.462 e. The molecule has 0 aromatic heterocycles. The Morgan fingerprint density at radius 2 is 0.514 bits per heavy atom. The first kappa shape index (κ1) is 71.1. The van der Waals surface area contributed by atoms with Crippen molar-refractivity contribution in [1.82, 2.24) is 0 Å². The van der Waals surface area contributed by atoms with Crippen molar-refractivity contribution >= 4 is 17.9 Å². The second-order valence-electron chi connectivity index (χ2n) is 21.7. The predicted molar refractivity (Wildman–Crippen MR) is 321 cm³/mol. The van der Waals surface area contributed by atoms with Crippen molar-refractivity contribution in [3.8, 4) is 0 Å². The first-order valence-corrected chi connectivity index (χ1v) is 32.3.